The van der Waals surface area contributed by atoms with Crippen LogP contribution < -0.4 is 15.5 Å². The fourth-order valence-corrected chi connectivity index (χ4v) is 4.02. The first-order valence-corrected chi connectivity index (χ1v) is 11.0. The lowest BCUT2D eigenvalue weighted by Gasteiger charge is -2.28. The zero-order chi connectivity index (χ0) is 22.5. The van der Waals surface area contributed by atoms with E-state index in [0.717, 1.165) is 59.7 Å². The molecule has 4 aromatic rings. The van der Waals surface area contributed by atoms with Crippen LogP contribution in [0.5, 0.6) is 0 Å². The minimum Gasteiger partial charge on any atom is -0.378 e. The van der Waals surface area contributed by atoms with Crippen LogP contribution in [0.4, 0.5) is 22.9 Å². The van der Waals surface area contributed by atoms with Crippen LogP contribution in [0.2, 0.25) is 0 Å². The van der Waals surface area contributed by atoms with Gasteiger partial charge in [-0.15, -0.1) is 5.10 Å². The van der Waals surface area contributed by atoms with Gasteiger partial charge < -0.3 is 20.3 Å². The van der Waals surface area contributed by atoms with Gasteiger partial charge in [0.25, 0.3) is 0 Å². The van der Waals surface area contributed by atoms with Crippen molar-refractivity contribution >= 4 is 39.6 Å². The van der Waals surface area contributed by atoms with Crippen molar-refractivity contribution in [2.45, 2.75) is 6.42 Å². The standard InChI is InChI=1S/C26H25N5O2/c32-26(16-20-6-3-5-19-4-1-2-7-24(19)20)29-22-10-8-21(9-11-22)28-25-17-23(18-27-30-25)31-12-14-33-15-13-31/h1-11,17-18H,12-16H2,(H,28,30)(H,29,32). The first-order chi connectivity index (χ1) is 16.2. The van der Waals surface area contributed by atoms with E-state index in [0.29, 0.717) is 12.2 Å². The molecule has 0 unspecified atom stereocenters. The molecule has 33 heavy (non-hydrogen) atoms. The molecule has 166 valence electrons. The maximum atomic E-state index is 12.6. The Morgan fingerprint density at radius 3 is 2.55 bits per heavy atom. The quantitative estimate of drug-likeness (QED) is 0.464. The number of fused-ring (bicyclic) bond motifs is 1. The van der Waals surface area contributed by atoms with E-state index in [9.17, 15) is 4.79 Å². The number of carbonyl (C=O) groups excluding carboxylic acids is 1. The average Bonchev–Trinajstić information content (AvgIpc) is 2.86. The number of morpholine rings is 1. The molecule has 0 aliphatic carbocycles. The van der Waals surface area contributed by atoms with Crippen LogP contribution in [0.15, 0.2) is 79.0 Å². The Labute approximate surface area is 192 Å². The van der Waals surface area contributed by atoms with E-state index in [4.69, 9.17) is 4.74 Å². The number of amides is 1. The van der Waals surface area contributed by atoms with Crippen molar-refractivity contribution < 1.29 is 9.53 Å². The van der Waals surface area contributed by atoms with E-state index in [-0.39, 0.29) is 5.91 Å². The number of benzene rings is 3. The fourth-order valence-electron chi connectivity index (χ4n) is 4.02. The van der Waals surface area contributed by atoms with Gasteiger partial charge in [0.1, 0.15) is 0 Å². The number of anilines is 4. The molecule has 7 nitrogen and oxygen atoms in total. The molecule has 3 aromatic carbocycles. The molecule has 1 saturated heterocycles. The van der Waals surface area contributed by atoms with Crippen molar-refractivity contribution in [3.05, 3.63) is 84.6 Å². The number of nitrogens with one attached hydrogen (secondary N) is 2. The summed E-state index contributed by atoms with van der Waals surface area (Å²) in [6.45, 7) is 3.13. The SMILES string of the molecule is O=C(Cc1cccc2ccccc12)Nc1ccc(Nc2cc(N3CCOCC3)cnn2)cc1. The minimum absolute atomic E-state index is 0.0452. The van der Waals surface area contributed by atoms with E-state index in [1.165, 1.54) is 0 Å². The van der Waals surface area contributed by atoms with E-state index in [1.807, 2.05) is 54.6 Å². The van der Waals surface area contributed by atoms with Gasteiger partial charge in [0, 0.05) is 30.5 Å². The van der Waals surface area contributed by atoms with Gasteiger partial charge in [-0.2, -0.15) is 5.10 Å². The lowest BCUT2D eigenvalue weighted by atomic mass is 10.0. The summed E-state index contributed by atoms with van der Waals surface area (Å²) in [6.07, 6.45) is 2.09. The molecule has 2 N–H and O–H groups in total. The van der Waals surface area contributed by atoms with Crippen molar-refractivity contribution in [2.24, 2.45) is 0 Å². The molecular weight excluding hydrogens is 414 g/mol. The Morgan fingerprint density at radius 2 is 1.70 bits per heavy atom. The van der Waals surface area contributed by atoms with Gasteiger partial charge in [-0.25, -0.2) is 0 Å². The van der Waals surface area contributed by atoms with Crippen LogP contribution in [0.1, 0.15) is 5.56 Å². The van der Waals surface area contributed by atoms with E-state index < -0.39 is 0 Å². The third-order valence-corrected chi connectivity index (χ3v) is 5.69. The minimum atomic E-state index is -0.0452. The molecule has 0 spiro atoms. The molecule has 1 aromatic heterocycles. The number of rotatable bonds is 6. The topological polar surface area (TPSA) is 79.4 Å². The molecule has 0 saturated carbocycles. The van der Waals surface area contributed by atoms with E-state index in [2.05, 4.69) is 43.9 Å². The van der Waals surface area contributed by atoms with Gasteiger partial charge >= 0.3 is 0 Å². The highest BCUT2D eigenvalue weighted by Crippen LogP contribution is 2.22. The Kier molecular flexibility index (Phi) is 6.12. The van der Waals surface area contributed by atoms with Crippen molar-refractivity contribution in [1.29, 1.82) is 0 Å². The van der Waals surface area contributed by atoms with Crippen molar-refractivity contribution in [3.8, 4) is 0 Å². The number of ether oxygens (including phenoxy) is 1. The zero-order valence-electron chi connectivity index (χ0n) is 18.2. The number of aromatic nitrogens is 2. The summed E-state index contributed by atoms with van der Waals surface area (Å²) in [6, 6.07) is 23.7. The number of carbonyl (C=O) groups is 1. The summed E-state index contributed by atoms with van der Waals surface area (Å²) in [5, 5.41) is 16.8. The molecule has 1 aliphatic rings. The van der Waals surface area contributed by atoms with Crippen LogP contribution in [-0.4, -0.2) is 42.4 Å². The Hall–Kier alpha value is -3.97. The third kappa shape index (κ3) is 5.10. The summed E-state index contributed by atoms with van der Waals surface area (Å²) >= 11 is 0. The summed E-state index contributed by atoms with van der Waals surface area (Å²) in [7, 11) is 0. The predicted octanol–water partition coefficient (Wildman–Crippen LogP) is 4.39. The van der Waals surface area contributed by atoms with Gasteiger partial charge in [-0.1, -0.05) is 42.5 Å². The van der Waals surface area contributed by atoms with Crippen molar-refractivity contribution in [3.63, 3.8) is 0 Å². The lowest BCUT2D eigenvalue weighted by molar-refractivity contribution is -0.115. The Morgan fingerprint density at radius 1 is 0.939 bits per heavy atom. The van der Waals surface area contributed by atoms with Crippen molar-refractivity contribution in [1.82, 2.24) is 10.2 Å². The molecule has 5 rings (SSSR count). The smallest absolute Gasteiger partial charge is 0.228 e. The maximum Gasteiger partial charge on any atom is 0.228 e. The first-order valence-electron chi connectivity index (χ1n) is 11.0. The largest absolute Gasteiger partial charge is 0.378 e. The summed E-state index contributed by atoms with van der Waals surface area (Å²) < 4.78 is 5.41. The number of hydrogen-bond acceptors (Lipinski definition) is 6. The van der Waals surface area contributed by atoms with E-state index in [1.54, 1.807) is 6.20 Å². The van der Waals surface area contributed by atoms with Crippen LogP contribution >= 0.6 is 0 Å². The summed E-state index contributed by atoms with van der Waals surface area (Å²) in [4.78, 5) is 14.9. The molecule has 0 bridgehead atoms. The molecule has 1 amide bonds. The van der Waals surface area contributed by atoms with Gasteiger partial charge in [0.15, 0.2) is 5.82 Å². The van der Waals surface area contributed by atoms with Crippen LogP contribution in [0.25, 0.3) is 10.8 Å². The van der Waals surface area contributed by atoms with E-state index >= 15 is 0 Å². The maximum absolute atomic E-state index is 12.6. The molecule has 0 atom stereocenters. The second-order valence-electron chi connectivity index (χ2n) is 7.96. The Bertz CT molecular complexity index is 1250. The highest BCUT2D eigenvalue weighted by molar-refractivity contribution is 5.96. The second-order valence-corrected chi connectivity index (χ2v) is 7.96. The normalized spacial score (nSPS) is 13.6. The molecule has 1 fully saturated rings. The molecule has 0 radical (unpaired) electrons. The Balaban J connectivity index is 1.21. The van der Waals surface area contributed by atoms with Gasteiger partial charge in [-0.3, -0.25) is 4.79 Å². The average molecular weight is 440 g/mol. The highest BCUT2D eigenvalue weighted by atomic mass is 16.5. The monoisotopic (exact) mass is 439 g/mol. The fraction of sp³-hybridized carbons (Fsp3) is 0.192. The second kappa shape index (κ2) is 9.67. The van der Waals surface area contributed by atoms with Gasteiger partial charge in [0.05, 0.1) is 31.5 Å². The van der Waals surface area contributed by atoms with Crippen molar-refractivity contribution in [2.75, 3.05) is 41.8 Å². The molecule has 7 heteroatoms. The molecule has 1 aliphatic heterocycles. The van der Waals surface area contributed by atoms with Gasteiger partial charge in [0.2, 0.25) is 5.91 Å². The zero-order valence-corrected chi connectivity index (χ0v) is 18.2. The highest BCUT2D eigenvalue weighted by Gasteiger charge is 2.12. The van der Waals surface area contributed by atoms with Crippen LogP contribution in [0, 0.1) is 0 Å². The summed E-state index contributed by atoms with van der Waals surface area (Å²) in [5.41, 5.74) is 3.66. The lowest BCUT2D eigenvalue weighted by Crippen LogP contribution is -2.36. The van der Waals surface area contributed by atoms with Crippen LogP contribution in [0.3, 0.4) is 0 Å². The summed E-state index contributed by atoms with van der Waals surface area (Å²) in [5.74, 6) is 0.628. The number of nitrogens with zero attached hydrogens (tertiary/aromatic N) is 3. The van der Waals surface area contributed by atoms with Gasteiger partial charge in [-0.05, 0) is 40.6 Å². The molecular formula is C26H25N5O2. The third-order valence-electron chi connectivity index (χ3n) is 5.69. The first kappa shape index (κ1) is 20.9. The number of hydrogen-bond donors (Lipinski definition) is 2. The molecule has 2 heterocycles. The van der Waals surface area contributed by atoms with Crippen LogP contribution in [-0.2, 0) is 16.0 Å². The predicted molar refractivity (Wildman–Crippen MR) is 131 cm³/mol.